The average molecular weight is 318 g/mol. The number of halogens is 3. The quantitative estimate of drug-likeness (QED) is 0.938. The molecule has 1 N–H and O–H groups in total. The van der Waals surface area contributed by atoms with E-state index < -0.39 is 24.8 Å². The van der Waals surface area contributed by atoms with Crippen molar-refractivity contribution in [3.63, 3.8) is 0 Å². The normalized spacial score (nSPS) is 13.4. The Labute approximate surface area is 122 Å². The fourth-order valence-electron chi connectivity index (χ4n) is 1.59. The Kier molecular flexibility index (Phi) is 4.48. The smallest absolute Gasteiger partial charge is 0.359 e. The summed E-state index contributed by atoms with van der Waals surface area (Å²) >= 11 is 1.26. The summed E-state index contributed by atoms with van der Waals surface area (Å²) in [5.74, 6) is -0.657. The number of carbonyl (C=O) groups is 1. The van der Waals surface area contributed by atoms with Gasteiger partial charge in [0.2, 0.25) is 0 Å². The highest BCUT2D eigenvalue weighted by Gasteiger charge is 2.30. The van der Waals surface area contributed by atoms with Gasteiger partial charge in [0, 0.05) is 0 Å². The van der Waals surface area contributed by atoms with E-state index >= 15 is 0 Å². The highest BCUT2D eigenvalue weighted by molar-refractivity contribution is 7.22. The number of carbonyl (C=O) groups excluding carboxylic acids is 1. The molecule has 4 nitrogen and oxygen atoms in total. The standard InChI is InChI=1S/C13H13F3N2O2S/c1-7-3-4-9-10(5-7)21-12(17-9)18-11(19)8(2)20-6-13(14,15)16/h3-5,8H,6H2,1-2H3,(H,17,18,19). The number of ether oxygens (including phenoxy) is 1. The predicted octanol–water partition coefficient (Wildman–Crippen LogP) is 3.51. The lowest BCUT2D eigenvalue weighted by molar-refractivity contribution is -0.184. The van der Waals surface area contributed by atoms with E-state index in [-0.39, 0.29) is 0 Å². The van der Waals surface area contributed by atoms with E-state index in [2.05, 4.69) is 15.0 Å². The van der Waals surface area contributed by atoms with Gasteiger partial charge in [-0.25, -0.2) is 4.98 Å². The molecule has 1 amide bonds. The molecular weight excluding hydrogens is 305 g/mol. The average Bonchev–Trinajstić information content (AvgIpc) is 2.76. The van der Waals surface area contributed by atoms with Gasteiger partial charge >= 0.3 is 6.18 Å². The first-order valence-corrected chi connectivity index (χ1v) is 6.93. The molecule has 21 heavy (non-hydrogen) atoms. The van der Waals surface area contributed by atoms with Gasteiger partial charge in [-0.15, -0.1) is 0 Å². The summed E-state index contributed by atoms with van der Waals surface area (Å²) in [5.41, 5.74) is 1.79. The van der Waals surface area contributed by atoms with Crippen LogP contribution in [-0.2, 0) is 9.53 Å². The lowest BCUT2D eigenvalue weighted by Gasteiger charge is -2.13. The molecule has 114 valence electrons. The summed E-state index contributed by atoms with van der Waals surface area (Å²) in [4.78, 5) is 15.9. The lowest BCUT2D eigenvalue weighted by atomic mass is 10.2. The zero-order valence-corrected chi connectivity index (χ0v) is 12.1. The molecule has 0 aliphatic carbocycles. The molecule has 1 aromatic heterocycles. The third-order valence-corrected chi connectivity index (χ3v) is 3.57. The van der Waals surface area contributed by atoms with Crippen molar-refractivity contribution in [2.24, 2.45) is 0 Å². The number of nitrogens with zero attached hydrogens (tertiary/aromatic N) is 1. The number of aryl methyl sites for hydroxylation is 1. The minimum atomic E-state index is -4.46. The molecule has 2 rings (SSSR count). The fraction of sp³-hybridized carbons (Fsp3) is 0.385. The van der Waals surface area contributed by atoms with Gasteiger partial charge in [-0.05, 0) is 31.5 Å². The Morgan fingerprint density at radius 1 is 1.48 bits per heavy atom. The first kappa shape index (κ1) is 15.7. The molecule has 8 heteroatoms. The third-order valence-electron chi connectivity index (χ3n) is 2.64. The highest BCUT2D eigenvalue weighted by Crippen LogP contribution is 2.26. The van der Waals surface area contributed by atoms with E-state index in [0.717, 1.165) is 15.8 Å². The number of fused-ring (bicyclic) bond motifs is 1. The van der Waals surface area contributed by atoms with Gasteiger partial charge in [0.05, 0.1) is 10.2 Å². The molecule has 0 fully saturated rings. The molecule has 2 aromatic rings. The van der Waals surface area contributed by atoms with Gasteiger partial charge in [-0.1, -0.05) is 17.4 Å². The molecule has 0 radical (unpaired) electrons. The van der Waals surface area contributed by atoms with Crippen LogP contribution in [0, 0.1) is 6.92 Å². The number of benzene rings is 1. The molecule has 0 saturated heterocycles. The number of aromatic nitrogens is 1. The first-order valence-electron chi connectivity index (χ1n) is 6.11. The summed E-state index contributed by atoms with van der Waals surface area (Å²) in [6.07, 6.45) is -5.66. The number of alkyl halides is 3. The Bertz CT molecular complexity index is 654. The number of anilines is 1. The number of amides is 1. The van der Waals surface area contributed by atoms with Gasteiger partial charge < -0.3 is 4.74 Å². The van der Waals surface area contributed by atoms with Crippen LogP contribution in [0.2, 0.25) is 0 Å². The van der Waals surface area contributed by atoms with Crippen molar-refractivity contribution < 1.29 is 22.7 Å². The minimum absolute atomic E-state index is 0.336. The van der Waals surface area contributed by atoms with Crippen molar-refractivity contribution in [2.45, 2.75) is 26.1 Å². The number of rotatable bonds is 4. The first-order chi connectivity index (χ1) is 9.74. The molecule has 0 spiro atoms. The second-order valence-corrected chi connectivity index (χ2v) is 5.58. The van der Waals surface area contributed by atoms with Crippen molar-refractivity contribution in [3.05, 3.63) is 23.8 Å². The predicted molar refractivity (Wildman–Crippen MR) is 74.5 cm³/mol. The van der Waals surface area contributed by atoms with Gasteiger partial charge in [0.15, 0.2) is 5.13 Å². The Balaban J connectivity index is 2.00. The SMILES string of the molecule is Cc1ccc2nc(NC(=O)C(C)OCC(F)(F)F)sc2c1. The van der Waals surface area contributed by atoms with Crippen molar-refractivity contribution in [3.8, 4) is 0 Å². The number of hydrogen-bond acceptors (Lipinski definition) is 4. The molecule has 1 aromatic carbocycles. The highest BCUT2D eigenvalue weighted by atomic mass is 32.1. The molecule has 0 aliphatic rings. The Morgan fingerprint density at radius 2 is 2.19 bits per heavy atom. The number of nitrogens with one attached hydrogen (secondary N) is 1. The molecule has 0 saturated carbocycles. The maximum atomic E-state index is 12.0. The molecule has 1 unspecified atom stereocenters. The maximum absolute atomic E-state index is 12.0. The van der Waals surface area contributed by atoms with Crippen LogP contribution in [0.3, 0.4) is 0 Å². The van der Waals surface area contributed by atoms with Crippen LogP contribution in [0.5, 0.6) is 0 Å². The second-order valence-electron chi connectivity index (χ2n) is 4.55. The van der Waals surface area contributed by atoms with Gasteiger partial charge in [-0.3, -0.25) is 10.1 Å². The van der Waals surface area contributed by atoms with Crippen LogP contribution in [0.1, 0.15) is 12.5 Å². The van der Waals surface area contributed by atoms with E-state index in [1.165, 1.54) is 18.3 Å². The van der Waals surface area contributed by atoms with Gasteiger partial charge in [-0.2, -0.15) is 13.2 Å². The van der Waals surface area contributed by atoms with Gasteiger partial charge in [0.25, 0.3) is 5.91 Å². The van der Waals surface area contributed by atoms with Gasteiger partial charge in [0.1, 0.15) is 12.7 Å². The fourth-order valence-corrected chi connectivity index (χ4v) is 2.55. The number of thiazole rings is 1. The summed E-state index contributed by atoms with van der Waals surface area (Å²) in [7, 11) is 0. The summed E-state index contributed by atoms with van der Waals surface area (Å²) < 4.78 is 41.4. The van der Waals surface area contributed by atoms with Crippen LogP contribution in [0.25, 0.3) is 10.2 Å². The monoisotopic (exact) mass is 318 g/mol. The summed E-state index contributed by atoms with van der Waals surface area (Å²) in [5, 5.41) is 2.80. The number of hydrogen-bond donors (Lipinski definition) is 1. The maximum Gasteiger partial charge on any atom is 0.411 e. The molecular formula is C13H13F3N2O2S. The van der Waals surface area contributed by atoms with Crippen molar-refractivity contribution in [1.29, 1.82) is 0 Å². The summed E-state index contributed by atoms with van der Waals surface area (Å²) in [6.45, 7) is 1.74. The van der Waals surface area contributed by atoms with E-state index in [0.29, 0.717) is 5.13 Å². The third kappa shape index (κ3) is 4.40. The van der Waals surface area contributed by atoms with E-state index in [1.54, 1.807) is 0 Å². The van der Waals surface area contributed by atoms with Crippen molar-refractivity contribution in [2.75, 3.05) is 11.9 Å². The van der Waals surface area contributed by atoms with Crippen molar-refractivity contribution >= 4 is 32.6 Å². The van der Waals surface area contributed by atoms with Crippen LogP contribution in [-0.4, -0.2) is 29.8 Å². The second kappa shape index (κ2) is 5.98. The molecule has 1 atom stereocenters. The molecule has 0 aliphatic heterocycles. The largest absolute Gasteiger partial charge is 0.411 e. The Hall–Kier alpha value is -1.67. The summed E-state index contributed by atoms with van der Waals surface area (Å²) in [6, 6.07) is 5.63. The van der Waals surface area contributed by atoms with E-state index in [4.69, 9.17) is 0 Å². The Morgan fingerprint density at radius 3 is 2.86 bits per heavy atom. The topological polar surface area (TPSA) is 51.2 Å². The minimum Gasteiger partial charge on any atom is -0.359 e. The van der Waals surface area contributed by atoms with Crippen molar-refractivity contribution in [1.82, 2.24) is 4.98 Å². The van der Waals surface area contributed by atoms with Crippen LogP contribution < -0.4 is 5.32 Å². The lowest BCUT2D eigenvalue weighted by Crippen LogP contribution is -2.31. The molecule has 1 heterocycles. The van der Waals surface area contributed by atoms with Crippen LogP contribution in [0.4, 0.5) is 18.3 Å². The van der Waals surface area contributed by atoms with Crippen LogP contribution >= 0.6 is 11.3 Å². The van der Waals surface area contributed by atoms with E-state index in [1.807, 2.05) is 25.1 Å². The van der Waals surface area contributed by atoms with Crippen LogP contribution in [0.15, 0.2) is 18.2 Å². The zero-order valence-electron chi connectivity index (χ0n) is 11.3. The molecule has 0 bridgehead atoms. The van der Waals surface area contributed by atoms with E-state index in [9.17, 15) is 18.0 Å². The zero-order chi connectivity index (χ0) is 15.6.